The van der Waals surface area contributed by atoms with Crippen molar-refractivity contribution in [2.45, 2.75) is 33.3 Å². The molecule has 1 unspecified atom stereocenters. The van der Waals surface area contributed by atoms with Crippen LogP contribution in [0.3, 0.4) is 0 Å². The molecule has 0 radical (unpaired) electrons. The van der Waals surface area contributed by atoms with Gasteiger partial charge >= 0.3 is 0 Å². The lowest BCUT2D eigenvalue weighted by Crippen LogP contribution is -2.03. The maximum atomic E-state index is 10.4. The van der Waals surface area contributed by atoms with Crippen molar-refractivity contribution in [1.82, 2.24) is 0 Å². The van der Waals surface area contributed by atoms with Gasteiger partial charge in [0.05, 0.1) is 6.10 Å². The molecule has 0 aliphatic heterocycles. The summed E-state index contributed by atoms with van der Waals surface area (Å²) in [6, 6.07) is 12.1. The third-order valence-corrected chi connectivity index (χ3v) is 3.60. The Morgan fingerprint density at radius 2 is 1.58 bits per heavy atom. The van der Waals surface area contributed by atoms with Crippen LogP contribution in [0.1, 0.15) is 33.9 Å². The highest BCUT2D eigenvalue weighted by molar-refractivity contribution is 6.31. The SMILES string of the molecule is Cc1cc(C)cc(C(O)Cc2ccc(C)cc2Cl)c1. The maximum absolute atomic E-state index is 10.4. The van der Waals surface area contributed by atoms with Gasteiger partial charge in [0.2, 0.25) is 0 Å². The minimum absolute atomic E-state index is 0.515. The van der Waals surface area contributed by atoms with Gasteiger partial charge in [0, 0.05) is 11.4 Å². The average molecular weight is 275 g/mol. The third kappa shape index (κ3) is 3.59. The van der Waals surface area contributed by atoms with E-state index in [0.29, 0.717) is 6.42 Å². The fourth-order valence-electron chi connectivity index (χ4n) is 2.35. The van der Waals surface area contributed by atoms with Gasteiger partial charge in [-0.05, 0) is 43.5 Å². The summed E-state index contributed by atoms with van der Waals surface area (Å²) in [5.41, 5.74) is 5.41. The van der Waals surface area contributed by atoms with Crippen LogP contribution in [-0.4, -0.2) is 5.11 Å². The van der Waals surface area contributed by atoms with Crippen LogP contribution >= 0.6 is 11.6 Å². The van der Waals surface area contributed by atoms with Crippen molar-refractivity contribution in [3.05, 3.63) is 69.2 Å². The van der Waals surface area contributed by atoms with Crippen LogP contribution in [0.25, 0.3) is 0 Å². The lowest BCUT2D eigenvalue weighted by atomic mass is 9.97. The van der Waals surface area contributed by atoms with Crippen molar-refractivity contribution in [3.63, 3.8) is 0 Å². The molecule has 1 atom stereocenters. The summed E-state index contributed by atoms with van der Waals surface area (Å²) < 4.78 is 0. The summed E-state index contributed by atoms with van der Waals surface area (Å²) in [4.78, 5) is 0. The van der Waals surface area contributed by atoms with E-state index >= 15 is 0 Å². The van der Waals surface area contributed by atoms with Crippen molar-refractivity contribution < 1.29 is 5.11 Å². The molecule has 0 amide bonds. The van der Waals surface area contributed by atoms with E-state index < -0.39 is 6.10 Å². The molecule has 0 aliphatic rings. The Balaban J connectivity index is 2.22. The molecular formula is C17H19ClO. The number of hydrogen-bond acceptors (Lipinski definition) is 1. The number of aliphatic hydroxyl groups is 1. The summed E-state index contributed by atoms with van der Waals surface area (Å²) in [7, 11) is 0. The Bertz CT molecular complexity index is 570. The third-order valence-electron chi connectivity index (χ3n) is 3.25. The molecule has 19 heavy (non-hydrogen) atoms. The highest BCUT2D eigenvalue weighted by atomic mass is 35.5. The molecule has 1 N–H and O–H groups in total. The van der Waals surface area contributed by atoms with Crippen LogP contribution in [0.5, 0.6) is 0 Å². The number of benzene rings is 2. The van der Waals surface area contributed by atoms with E-state index in [1.165, 1.54) is 11.1 Å². The summed E-state index contributed by atoms with van der Waals surface area (Å²) in [5.74, 6) is 0. The molecular weight excluding hydrogens is 256 g/mol. The normalized spacial score (nSPS) is 12.5. The molecule has 2 aromatic carbocycles. The lowest BCUT2D eigenvalue weighted by molar-refractivity contribution is 0.178. The van der Waals surface area contributed by atoms with E-state index in [-0.39, 0.29) is 0 Å². The smallest absolute Gasteiger partial charge is 0.0831 e. The summed E-state index contributed by atoms with van der Waals surface area (Å²) >= 11 is 6.21. The molecule has 0 aromatic heterocycles. The molecule has 0 saturated carbocycles. The summed E-state index contributed by atoms with van der Waals surface area (Å²) in [6.07, 6.45) is 0.0287. The zero-order chi connectivity index (χ0) is 14.0. The monoisotopic (exact) mass is 274 g/mol. The van der Waals surface area contributed by atoms with Crippen LogP contribution in [0, 0.1) is 20.8 Å². The molecule has 1 nitrogen and oxygen atoms in total. The van der Waals surface area contributed by atoms with Crippen LogP contribution in [0.2, 0.25) is 5.02 Å². The first-order chi connectivity index (χ1) is 8.95. The zero-order valence-electron chi connectivity index (χ0n) is 11.6. The maximum Gasteiger partial charge on any atom is 0.0831 e. The molecule has 0 fully saturated rings. The molecule has 100 valence electrons. The molecule has 0 aliphatic carbocycles. The van der Waals surface area contributed by atoms with Gasteiger partial charge in [0.25, 0.3) is 0 Å². The van der Waals surface area contributed by atoms with Crippen molar-refractivity contribution >= 4 is 11.6 Å². The number of rotatable bonds is 3. The van der Waals surface area contributed by atoms with E-state index in [1.807, 2.05) is 51.1 Å². The van der Waals surface area contributed by atoms with E-state index in [9.17, 15) is 5.11 Å². The first kappa shape index (κ1) is 14.1. The largest absolute Gasteiger partial charge is 0.388 e. The molecule has 0 saturated heterocycles. The predicted octanol–water partition coefficient (Wildman–Crippen LogP) is 4.54. The van der Waals surface area contributed by atoms with Gasteiger partial charge in [0.1, 0.15) is 0 Å². The second-order valence-corrected chi connectivity index (χ2v) is 5.64. The fourth-order valence-corrected chi connectivity index (χ4v) is 2.66. The van der Waals surface area contributed by atoms with Crippen molar-refractivity contribution in [1.29, 1.82) is 0 Å². The van der Waals surface area contributed by atoms with E-state index in [4.69, 9.17) is 11.6 Å². The van der Waals surface area contributed by atoms with E-state index in [2.05, 4.69) is 6.07 Å². The highest BCUT2D eigenvalue weighted by Crippen LogP contribution is 2.25. The van der Waals surface area contributed by atoms with Gasteiger partial charge in [-0.25, -0.2) is 0 Å². The van der Waals surface area contributed by atoms with Gasteiger partial charge < -0.3 is 5.11 Å². The lowest BCUT2D eigenvalue weighted by Gasteiger charge is -2.14. The molecule has 2 aromatic rings. The van der Waals surface area contributed by atoms with Crippen LogP contribution in [-0.2, 0) is 6.42 Å². The molecule has 0 heterocycles. The quantitative estimate of drug-likeness (QED) is 0.871. The predicted molar refractivity (Wildman–Crippen MR) is 80.8 cm³/mol. The topological polar surface area (TPSA) is 20.2 Å². The van der Waals surface area contributed by atoms with Crippen LogP contribution in [0.15, 0.2) is 36.4 Å². The number of halogens is 1. The number of aliphatic hydroxyl groups excluding tert-OH is 1. The minimum Gasteiger partial charge on any atom is -0.388 e. The Kier molecular flexibility index (Phi) is 4.28. The Morgan fingerprint density at radius 3 is 2.16 bits per heavy atom. The summed E-state index contributed by atoms with van der Waals surface area (Å²) in [5, 5.41) is 11.1. The standard InChI is InChI=1S/C17H19ClO/c1-11-4-5-14(16(18)9-11)10-17(19)15-7-12(2)6-13(3)8-15/h4-9,17,19H,10H2,1-3H3. The highest BCUT2D eigenvalue weighted by Gasteiger charge is 2.11. The second-order valence-electron chi connectivity index (χ2n) is 5.24. The first-order valence-corrected chi connectivity index (χ1v) is 6.85. The van der Waals surface area contributed by atoms with Gasteiger partial charge in [-0.3, -0.25) is 0 Å². The van der Waals surface area contributed by atoms with Gasteiger partial charge in [0.15, 0.2) is 0 Å². The second kappa shape index (κ2) is 5.77. The molecule has 0 bridgehead atoms. The summed E-state index contributed by atoms with van der Waals surface area (Å²) in [6.45, 7) is 6.10. The van der Waals surface area contributed by atoms with Gasteiger partial charge in [-0.1, -0.05) is 53.1 Å². The minimum atomic E-state index is -0.515. The number of hydrogen-bond donors (Lipinski definition) is 1. The average Bonchev–Trinajstić information content (AvgIpc) is 2.31. The molecule has 2 rings (SSSR count). The van der Waals surface area contributed by atoms with Crippen LogP contribution in [0.4, 0.5) is 0 Å². The van der Waals surface area contributed by atoms with Crippen molar-refractivity contribution in [2.75, 3.05) is 0 Å². The Hall–Kier alpha value is -1.31. The Labute approximate surface area is 119 Å². The molecule has 0 spiro atoms. The first-order valence-electron chi connectivity index (χ1n) is 6.47. The van der Waals surface area contributed by atoms with E-state index in [0.717, 1.165) is 21.7 Å². The van der Waals surface area contributed by atoms with Crippen molar-refractivity contribution in [2.24, 2.45) is 0 Å². The van der Waals surface area contributed by atoms with E-state index in [1.54, 1.807) is 0 Å². The molecule has 2 heteroatoms. The fraction of sp³-hybridized carbons (Fsp3) is 0.294. The van der Waals surface area contributed by atoms with Gasteiger partial charge in [-0.2, -0.15) is 0 Å². The number of aryl methyl sites for hydroxylation is 3. The van der Waals surface area contributed by atoms with Gasteiger partial charge in [-0.15, -0.1) is 0 Å². The van der Waals surface area contributed by atoms with Crippen molar-refractivity contribution in [3.8, 4) is 0 Å². The van der Waals surface area contributed by atoms with Crippen LogP contribution < -0.4 is 0 Å². The zero-order valence-corrected chi connectivity index (χ0v) is 12.3. The Morgan fingerprint density at radius 1 is 0.947 bits per heavy atom.